The molecule has 2 unspecified atom stereocenters. The van der Waals surface area contributed by atoms with Crippen molar-refractivity contribution in [1.82, 2.24) is 0 Å². The monoisotopic (exact) mass is 204 g/mol. The molecule has 2 rings (SSSR count). The van der Waals surface area contributed by atoms with Gasteiger partial charge < -0.3 is 4.74 Å². The lowest BCUT2D eigenvalue weighted by Crippen LogP contribution is -2.24. The van der Waals surface area contributed by atoms with E-state index in [2.05, 4.69) is 6.92 Å². The summed E-state index contributed by atoms with van der Waals surface area (Å²) in [5.74, 6) is 0.301. The third kappa shape index (κ3) is 1.36. The highest BCUT2D eigenvalue weighted by Crippen LogP contribution is 2.55. The summed E-state index contributed by atoms with van der Waals surface area (Å²) in [6, 6.07) is 8.07. The summed E-state index contributed by atoms with van der Waals surface area (Å²) in [6.45, 7) is 4.15. The molecule has 0 bridgehead atoms. The maximum absolute atomic E-state index is 11.8. The van der Waals surface area contributed by atoms with Crippen molar-refractivity contribution in [2.24, 2.45) is 5.92 Å². The molecule has 1 aromatic rings. The second-order valence-corrected chi connectivity index (χ2v) is 4.38. The molecule has 0 aliphatic heterocycles. The first kappa shape index (κ1) is 10.2. The molecule has 1 aromatic carbocycles. The first-order chi connectivity index (χ1) is 7.13. The van der Waals surface area contributed by atoms with Crippen molar-refractivity contribution < 1.29 is 9.53 Å². The van der Waals surface area contributed by atoms with Crippen LogP contribution in [0.5, 0.6) is 0 Å². The third-order valence-electron chi connectivity index (χ3n) is 3.48. The molecular weight excluding hydrogens is 188 g/mol. The van der Waals surface area contributed by atoms with Crippen LogP contribution in [0.3, 0.4) is 0 Å². The minimum absolute atomic E-state index is 0.0932. The molecule has 2 nitrogen and oxygen atoms in total. The van der Waals surface area contributed by atoms with Crippen molar-refractivity contribution in [2.75, 3.05) is 7.11 Å². The molecule has 0 N–H and O–H groups in total. The van der Waals surface area contributed by atoms with Gasteiger partial charge in [0.1, 0.15) is 0 Å². The van der Waals surface area contributed by atoms with Gasteiger partial charge in [-0.25, -0.2) is 0 Å². The molecule has 1 aliphatic rings. The topological polar surface area (TPSA) is 26.3 Å². The first-order valence-electron chi connectivity index (χ1n) is 5.27. The van der Waals surface area contributed by atoms with Crippen LogP contribution in [0.4, 0.5) is 0 Å². The number of aryl methyl sites for hydroxylation is 1. The Morgan fingerprint density at radius 2 is 2.07 bits per heavy atom. The molecule has 2 heteroatoms. The number of carbonyl (C=O) groups is 1. The van der Waals surface area contributed by atoms with Crippen LogP contribution in [0.15, 0.2) is 24.3 Å². The van der Waals surface area contributed by atoms with Gasteiger partial charge in [0, 0.05) is 0 Å². The summed E-state index contributed by atoms with van der Waals surface area (Å²) in [7, 11) is 1.47. The van der Waals surface area contributed by atoms with Crippen molar-refractivity contribution in [3.8, 4) is 0 Å². The van der Waals surface area contributed by atoms with Gasteiger partial charge in [0.25, 0.3) is 0 Å². The summed E-state index contributed by atoms with van der Waals surface area (Å²) in [4.78, 5) is 11.8. The van der Waals surface area contributed by atoms with Crippen molar-refractivity contribution in [3.05, 3.63) is 35.4 Å². The van der Waals surface area contributed by atoms with E-state index in [1.54, 1.807) is 0 Å². The number of rotatable bonds is 2. The van der Waals surface area contributed by atoms with Crippen LogP contribution in [-0.4, -0.2) is 13.1 Å². The fourth-order valence-corrected chi connectivity index (χ4v) is 2.45. The highest BCUT2D eigenvalue weighted by molar-refractivity contribution is 5.87. The zero-order valence-electron chi connectivity index (χ0n) is 9.41. The second kappa shape index (κ2) is 3.37. The van der Waals surface area contributed by atoms with Crippen molar-refractivity contribution >= 4 is 5.97 Å². The third-order valence-corrected chi connectivity index (χ3v) is 3.48. The largest absolute Gasteiger partial charge is 0.468 e. The van der Waals surface area contributed by atoms with E-state index in [0.717, 1.165) is 12.0 Å². The molecule has 15 heavy (non-hydrogen) atoms. The molecule has 0 heterocycles. The minimum Gasteiger partial charge on any atom is -0.468 e. The number of methoxy groups -OCH3 is 1. The summed E-state index contributed by atoms with van der Waals surface area (Å²) < 4.78 is 4.92. The standard InChI is InChI=1S/C13H16O2/c1-9-6-4-5-7-11(9)13(8-10(13)2)12(14)15-3/h4-7,10H,8H2,1-3H3. The smallest absolute Gasteiger partial charge is 0.316 e. The SMILES string of the molecule is COC(=O)C1(c2ccccc2C)CC1C. The molecule has 1 aliphatic carbocycles. The van der Waals surface area contributed by atoms with Gasteiger partial charge in [-0.1, -0.05) is 31.2 Å². The average Bonchev–Trinajstić information content (AvgIpc) is 2.91. The van der Waals surface area contributed by atoms with E-state index in [-0.39, 0.29) is 11.4 Å². The Hall–Kier alpha value is -1.31. The van der Waals surface area contributed by atoms with Gasteiger partial charge in [0.15, 0.2) is 0 Å². The summed E-state index contributed by atoms with van der Waals surface area (Å²) >= 11 is 0. The van der Waals surface area contributed by atoms with E-state index in [0.29, 0.717) is 5.92 Å². The zero-order valence-corrected chi connectivity index (χ0v) is 9.41. The fourth-order valence-electron chi connectivity index (χ4n) is 2.45. The molecule has 1 saturated carbocycles. The normalized spacial score (nSPS) is 28.6. The molecule has 0 amide bonds. The Morgan fingerprint density at radius 1 is 1.47 bits per heavy atom. The number of hydrogen-bond donors (Lipinski definition) is 0. The summed E-state index contributed by atoms with van der Waals surface area (Å²) in [5.41, 5.74) is 1.94. The van der Waals surface area contributed by atoms with Crippen LogP contribution >= 0.6 is 0 Å². The molecule has 0 radical (unpaired) electrons. The molecule has 0 saturated heterocycles. The molecule has 0 aromatic heterocycles. The van der Waals surface area contributed by atoms with Gasteiger partial charge in [-0.15, -0.1) is 0 Å². The van der Waals surface area contributed by atoms with E-state index in [9.17, 15) is 4.79 Å². The Kier molecular flexibility index (Phi) is 2.29. The fraction of sp³-hybridized carbons (Fsp3) is 0.462. The predicted molar refractivity (Wildman–Crippen MR) is 58.7 cm³/mol. The number of hydrogen-bond acceptors (Lipinski definition) is 2. The van der Waals surface area contributed by atoms with E-state index in [1.165, 1.54) is 12.7 Å². The lowest BCUT2D eigenvalue weighted by atomic mass is 9.90. The van der Waals surface area contributed by atoms with Gasteiger partial charge in [-0.3, -0.25) is 4.79 Å². The maximum atomic E-state index is 11.8. The Morgan fingerprint density at radius 3 is 2.53 bits per heavy atom. The van der Waals surface area contributed by atoms with Crippen molar-refractivity contribution in [2.45, 2.75) is 25.7 Å². The van der Waals surface area contributed by atoms with Gasteiger partial charge >= 0.3 is 5.97 Å². The Bertz CT molecular complexity index is 397. The highest BCUT2D eigenvalue weighted by atomic mass is 16.5. The van der Waals surface area contributed by atoms with E-state index < -0.39 is 0 Å². The lowest BCUT2D eigenvalue weighted by molar-refractivity contribution is -0.144. The Labute approximate surface area is 90.3 Å². The van der Waals surface area contributed by atoms with Gasteiger partial charge in [-0.05, 0) is 30.4 Å². The second-order valence-electron chi connectivity index (χ2n) is 4.38. The van der Waals surface area contributed by atoms with E-state index in [1.807, 2.05) is 31.2 Å². The average molecular weight is 204 g/mol. The van der Waals surface area contributed by atoms with Gasteiger partial charge in [-0.2, -0.15) is 0 Å². The highest BCUT2D eigenvalue weighted by Gasteiger charge is 2.60. The molecule has 2 atom stereocenters. The quantitative estimate of drug-likeness (QED) is 0.692. The van der Waals surface area contributed by atoms with E-state index in [4.69, 9.17) is 4.74 Å². The number of benzene rings is 1. The minimum atomic E-state index is -0.361. The van der Waals surface area contributed by atoms with Crippen LogP contribution in [0.25, 0.3) is 0 Å². The molecule has 0 spiro atoms. The number of ether oxygens (including phenoxy) is 1. The van der Waals surface area contributed by atoms with Gasteiger partial charge in [0.05, 0.1) is 12.5 Å². The molecule has 80 valence electrons. The number of esters is 1. The lowest BCUT2D eigenvalue weighted by Gasteiger charge is -2.16. The van der Waals surface area contributed by atoms with Crippen LogP contribution < -0.4 is 0 Å². The number of carbonyl (C=O) groups excluding carboxylic acids is 1. The predicted octanol–water partition coefficient (Wildman–Crippen LogP) is 2.45. The summed E-state index contributed by atoms with van der Waals surface area (Å²) in [5, 5.41) is 0. The van der Waals surface area contributed by atoms with Crippen molar-refractivity contribution in [3.63, 3.8) is 0 Å². The maximum Gasteiger partial charge on any atom is 0.316 e. The van der Waals surface area contributed by atoms with E-state index >= 15 is 0 Å². The van der Waals surface area contributed by atoms with Crippen LogP contribution in [0, 0.1) is 12.8 Å². The zero-order chi connectivity index (χ0) is 11.1. The molecule has 1 fully saturated rings. The van der Waals surface area contributed by atoms with Crippen LogP contribution in [-0.2, 0) is 14.9 Å². The van der Waals surface area contributed by atoms with Crippen LogP contribution in [0.2, 0.25) is 0 Å². The van der Waals surface area contributed by atoms with Crippen LogP contribution in [0.1, 0.15) is 24.5 Å². The van der Waals surface area contributed by atoms with Gasteiger partial charge in [0.2, 0.25) is 0 Å². The Balaban J connectivity index is 2.45. The van der Waals surface area contributed by atoms with Crippen molar-refractivity contribution in [1.29, 1.82) is 0 Å². The molecular formula is C13H16O2. The first-order valence-corrected chi connectivity index (χ1v) is 5.27. The summed E-state index contributed by atoms with van der Waals surface area (Å²) in [6.07, 6.45) is 0.907.